The normalized spacial score (nSPS) is 16.3. The van der Waals surface area contributed by atoms with Gasteiger partial charge in [-0.3, -0.25) is 0 Å². The third-order valence-corrected chi connectivity index (χ3v) is 9.95. The molecule has 0 nitrogen and oxygen atoms in total. The number of fused-ring (bicyclic) bond motifs is 11. The van der Waals surface area contributed by atoms with Crippen molar-refractivity contribution in [3.8, 4) is 22.3 Å². The fraction of sp³-hybridized carbons (Fsp3) is 0.158. The maximum absolute atomic E-state index is 2.58. The summed E-state index contributed by atoms with van der Waals surface area (Å²) in [5.74, 6) is 0. The van der Waals surface area contributed by atoms with E-state index in [0.717, 1.165) is 0 Å². The lowest BCUT2D eigenvalue weighted by Crippen LogP contribution is -2.17. The van der Waals surface area contributed by atoms with Crippen molar-refractivity contribution < 1.29 is 0 Å². The maximum Gasteiger partial charge on any atom is 0.0165 e. The predicted octanol–water partition coefficient (Wildman–Crippen LogP) is 10.3. The molecule has 0 atom stereocenters. The summed E-state index contributed by atoms with van der Waals surface area (Å²) in [4.78, 5) is 0. The molecular weight excluding hydrogens is 456 g/mol. The number of benzene rings is 7. The average Bonchev–Trinajstić information content (AvgIpc) is 3.32. The Morgan fingerprint density at radius 2 is 1.13 bits per heavy atom. The minimum Gasteiger partial charge on any atom is -0.0619 e. The molecule has 0 amide bonds. The van der Waals surface area contributed by atoms with E-state index in [9.17, 15) is 0 Å². The van der Waals surface area contributed by atoms with Crippen LogP contribution in [0.3, 0.4) is 0 Å². The van der Waals surface area contributed by atoms with Gasteiger partial charge in [0.1, 0.15) is 0 Å². The van der Waals surface area contributed by atoms with Crippen LogP contribution in [0.4, 0.5) is 0 Å². The van der Waals surface area contributed by atoms with Crippen LogP contribution in [0.15, 0.2) is 97.1 Å². The molecule has 0 bridgehead atoms. The third-order valence-electron chi connectivity index (χ3n) is 9.95. The second-order valence-corrected chi connectivity index (χ2v) is 12.5. The van der Waals surface area contributed by atoms with Crippen LogP contribution in [0.1, 0.15) is 49.9 Å². The van der Waals surface area contributed by atoms with Gasteiger partial charge in [-0.25, -0.2) is 0 Å². The smallest absolute Gasteiger partial charge is 0.0165 e. The topological polar surface area (TPSA) is 0 Å². The first-order valence-corrected chi connectivity index (χ1v) is 13.8. The van der Waals surface area contributed by atoms with Gasteiger partial charge in [-0.05, 0) is 93.7 Å². The molecule has 9 rings (SSSR count). The Morgan fingerprint density at radius 3 is 2.03 bits per heavy atom. The van der Waals surface area contributed by atoms with Crippen LogP contribution in [-0.2, 0) is 10.8 Å². The van der Waals surface area contributed by atoms with Crippen LogP contribution >= 0.6 is 0 Å². The number of hydrogen-bond acceptors (Lipinski definition) is 0. The fourth-order valence-electron chi connectivity index (χ4n) is 8.26. The van der Waals surface area contributed by atoms with E-state index >= 15 is 0 Å². The summed E-state index contributed by atoms with van der Waals surface area (Å²) in [6, 6.07) is 37.0. The van der Waals surface area contributed by atoms with Crippen LogP contribution in [-0.4, -0.2) is 0 Å². The molecule has 7 aromatic carbocycles. The molecular formula is C38H28. The van der Waals surface area contributed by atoms with Gasteiger partial charge in [-0.1, -0.05) is 119 Å². The monoisotopic (exact) mass is 484 g/mol. The van der Waals surface area contributed by atoms with E-state index in [1.807, 2.05) is 0 Å². The van der Waals surface area contributed by atoms with Gasteiger partial charge in [0.05, 0.1) is 0 Å². The molecule has 0 fully saturated rings. The van der Waals surface area contributed by atoms with Crippen molar-refractivity contribution in [3.63, 3.8) is 0 Å². The van der Waals surface area contributed by atoms with Gasteiger partial charge in [0.25, 0.3) is 0 Å². The Labute approximate surface area is 222 Å². The number of rotatable bonds is 0. The van der Waals surface area contributed by atoms with Gasteiger partial charge in [0.2, 0.25) is 0 Å². The van der Waals surface area contributed by atoms with Gasteiger partial charge in [-0.2, -0.15) is 0 Å². The third kappa shape index (κ3) is 2.18. The molecule has 0 radical (unpaired) electrons. The first-order valence-electron chi connectivity index (χ1n) is 13.8. The Balaban J connectivity index is 1.58. The highest BCUT2D eigenvalue weighted by Gasteiger charge is 2.42. The van der Waals surface area contributed by atoms with Crippen molar-refractivity contribution >= 4 is 43.1 Å². The molecule has 0 aromatic heterocycles. The molecule has 0 saturated heterocycles. The van der Waals surface area contributed by atoms with E-state index in [0.29, 0.717) is 0 Å². The van der Waals surface area contributed by atoms with Gasteiger partial charge < -0.3 is 0 Å². The van der Waals surface area contributed by atoms with E-state index in [2.05, 4.69) is 125 Å². The van der Waals surface area contributed by atoms with Crippen molar-refractivity contribution in [2.75, 3.05) is 0 Å². The van der Waals surface area contributed by atoms with Crippen LogP contribution in [0.25, 0.3) is 65.3 Å². The summed E-state index contributed by atoms with van der Waals surface area (Å²) >= 11 is 0. The molecule has 2 aliphatic carbocycles. The zero-order chi connectivity index (χ0) is 25.6. The molecule has 0 saturated carbocycles. The van der Waals surface area contributed by atoms with Crippen LogP contribution in [0.5, 0.6) is 0 Å². The average molecular weight is 485 g/mol. The van der Waals surface area contributed by atoms with Crippen LogP contribution in [0, 0.1) is 0 Å². The quantitative estimate of drug-likeness (QED) is 0.188. The zero-order valence-corrected chi connectivity index (χ0v) is 22.2. The number of hydrogen-bond donors (Lipinski definition) is 0. The summed E-state index contributed by atoms with van der Waals surface area (Å²) in [7, 11) is 0. The Kier molecular flexibility index (Phi) is 3.54. The summed E-state index contributed by atoms with van der Waals surface area (Å²) in [6.07, 6.45) is 0. The lowest BCUT2D eigenvalue weighted by atomic mass is 9.75. The van der Waals surface area contributed by atoms with Gasteiger partial charge in [0.15, 0.2) is 0 Å². The minimum atomic E-state index is -0.0961. The second kappa shape index (κ2) is 6.45. The fourth-order valence-corrected chi connectivity index (χ4v) is 8.26. The van der Waals surface area contributed by atoms with Gasteiger partial charge in [-0.15, -0.1) is 0 Å². The Morgan fingerprint density at radius 1 is 0.421 bits per heavy atom. The molecule has 0 heteroatoms. The van der Waals surface area contributed by atoms with E-state index < -0.39 is 0 Å². The SMILES string of the molecule is CC1(C)c2ccccc2-c2c1cc1c3c(c4cccc5ccc2c1c54)-c1c(ccc2ccccc12)C3(C)C. The van der Waals surface area contributed by atoms with Gasteiger partial charge in [0, 0.05) is 10.8 Å². The van der Waals surface area contributed by atoms with E-state index in [-0.39, 0.29) is 10.8 Å². The molecule has 2 aliphatic rings. The van der Waals surface area contributed by atoms with E-state index in [4.69, 9.17) is 0 Å². The molecule has 38 heavy (non-hydrogen) atoms. The molecule has 7 aromatic rings. The van der Waals surface area contributed by atoms with Crippen molar-refractivity contribution in [1.29, 1.82) is 0 Å². The molecule has 0 aliphatic heterocycles. The first-order chi connectivity index (χ1) is 18.4. The highest BCUT2D eigenvalue weighted by atomic mass is 14.4. The second-order valence-electron chi connectivity index (χ2n) is 12.5. The molecule has 0 N–H and O–H groups in total. The summed E-state index contributed by atoms with van der Waals surface area (Å²) < 4.78 is 0. The maximum atomic E-state index is 2.58. The zero-order valence-electron chi connectivity index (χ0n) is 22.2. The Bertz CT molecular complexity index is 2170. The Hall–Kier alpha value is -4.16. The van der Waals surface area contributed by atoms with Crippen LogP contribution in [0.2, 0.25) is 0 Å². The highest BCUT2D eigenvalue weighted by molar-refractivity contribution is 6.32. The van der Waals surface area contributed by atoms with Crippen molar-refractivity contribution in [2.24, 2.45) is 0 Å². The van der Waals surface area contributed by atoms with Gasteiger partial charge >= 0.3 is 0 Å². The van der Waals surface area contributed by atoms with Crippen molar-refractivity contribution in [1.82, 2.24) is 0 Å². The lowest BCUT2D eigenvalue weighted by Gasteiger charge is -2.27. The van der Waals surface area contributed by atoms with E-state index in [1.165, 1.54) is 87.6 Å². The first kappa shape index (κ1) is 20.8. The lowest BCUT2D eigenvalue weighted by molar-refractivity contribution is 0.658. The summed E-state index contributed by atoms with van der Waals surface area (Å²) in [5.41, 5.74) is 11.4. The van der Waals surface area contributed by atoms with Crippen molar-refractivity contribution in [2.45, 2.75) is 38.5 Å². The molecule has 0 unspecified atom stereocenters. The summed E-state index contributed by atoms with van der Waals surface area (Å²) in [5, 5.41) is 11.1. The van der Waals surface area contributed by atoms with Crippen molar-refractivity contribution in [3.05, 3.63) is 119 Å². The molecule has 0 heterocycles. The largest absolute Gasteiger partial charge is 0.0619 e. The summed E-state index contributed by atoms with van der Waals surface area (Å²) in [6.45, 7) is 9.69. The van der Waals surface area contributed by atoms with E-state index in [1.54, 1.807) is 0 Å². The molecule has 0 spiro atoms. The predicted molar refractivity (Wildman–Crippen MR) is 163 cm³/mol. The van der Waals surface area contributed by atoms with Crippen LogP contribution < -0.4 is 0 Å². The minimum absolute atomic E-state index is 0.0362. The highest BCUT2D eigenvalue weighted by Crippen LogP contribution is 2.60. The standard InChI is InChI=1S/C38H28/c1-37(2)28-15-8-7-13-24(28)32-26-18-16-22-11-9-14-25-31(22)33(26)27(20-30(32)37)36-35(25)34-23-12-6-5-10-21(23)17-19-29(34)38(36,3)4/h5-20H,1-4H3. The molecule has 180 valence electrons.